The lowest BCUT2D eigenvalue weighted by molar-refractivity contribution is -0.136. The summed E-state index contributed by atoms with van der Waals surface area (Å²) in [6.07, 6.45) is 7.67. The molecule has 1 unspecified atom stereocenters. The number of hydrogen-bond acceptors (Lipinski definition) is 6. The molecule has 1 N–H and O–H groups in total. The van der Waals surface area contributed by atoms with Crippen LogP contribution in [0.2, 0.25) is 0 Å². The topological polar surface area (TPSA) is 90.0 Å². The van der Waals surface area contributed by atoms with Gasteiger partial charge in [0.05, 0.1) is 11.1 Å². The van der Waals surface area contributed by atoms with E-state index in [9.17, 15) is 19.2 Å². The second kappa shape index (κ2) is 9.96. The fourth-order valence-corrected chi connectivity index (χ4v) is 5.93. The Bertz CT molecular complexity index is 979. The lowest BCUT2D eigenvalue weighted by Gasteiger charge is -2.33. The molecule has 5 rings (SSSR count). The first-order valence-corrected chi connectivity index (χ1v) is 12.8. The highest BCUT2D eigenvalue weighted by molar-refractivity contribution is 6.23. The molecule has 182 valence electrons. The Kier molecular flexibility index (Phi) is 6.79. The smallest absolute Gasteiger partial charge is 0.262 e. The van der Waals surface area contributed by atoms with Gasteiger partial charge in [0, 0.05) is 6.42 Å². The van der Waals surface area contributed by atoms with Crippen LogP contribution in [0.5, 0.6) is 0 Å². The molecule has 8 heteroatoms. The van der Waals surface area contributed by atoms with Gasteiger partial charge in [-0.15, -0.1) is 0 Å². The molecule has 3 fully saturated rings. The van der Waals surface area contributed by atoms with Crippen LogP contribution in [-0.2, 0) is 9.59 Å². The second-order valence-electron chi connectivity index (χ2n) is 10.1. The minimum Gasteiger partial charge on any atom is -0.303 e. The lowest BCUT2D eigenvalue weighted by Crippen LogP contribution is -2.54. The number of imide groups is 2. The predicted octanol–water partition coefficient (Wildman–Crippen LogP) is 2.14. The number of likely N-dealkylation sites (tertiary alicyclic amines) is 2. The zero-order valence-corrected chi connectivity index (χ0v) is 19.8. The molecule has 8 nitrogen and oxygen atoms in total. The van der Waals surface area contributed by atoms with E-state index in [-0.39, 0.29) is 18.7 Å². The number of nitrogens with zero attached hydrogens (tertiary/aromatic N) is 3. The summed E-state index contributed by atoms with van der Waals surface area (Å²) in [4.78, 5) is 55.9. The first kappa shape index (κ1) is 23.2. The summed E-state index contributed by atoms with van der Waals surface area (Å²) in [6.45, 7) is 6.95. The number of rotatable bonds is 6. The van der Waals surface area contributed by atoms with Crippen LogP contribution in [0, 0.1) is 0 Å². The van der Waals surface area contributed by atoms with Crippen LogP contribution in [0.3, 0.4) is 0 Å². The first-order chi connectivity index (χ1) is 16.5. The number of hydrogen-bond donors (Lipinski definition) is 1. The second-order valence-corrected chi connectivity index (χ2v) is 10.1. The van der Waals surface area contributed by atoms with Gasteiger partial charge in [-0.05, 0) is 101 Å². The number of amides is 4. The molecule has 0 bridgehead atoms. The summed E-state index contributed by atoms with van der Waals surface area (Å²) >= 11 is 0. The highest BCUT2D eigenvalue weighted by Crippen LogP contribution is 2.33. The average molecular weight is 467 g/mol. The van der Waals surface area contributed by atoms with Crippen LogP contribution in [-0.4, -0.2) is 83.6 Å². The molecule has 4 aliphatic rings. The van der Waals surface area contributed by atoms with Crippen LogP contribution < -0.4 is 5.32 Å². The van der Waals surface area contributed by atoms with Crippen molar-refractivity contribution in [3.63, 3.8) is 0 Å². The molecule has 0 saturated carbocycles. The van der Waals surface area contributed by atoms with Gasteiger partial charge in [0.1, 0.15) is 6.04 Å². The van der Waals surface area contributed by atoms with E-state index in [0.29, 0.717) is 17.0 Å². The molecular weight excluding hydrogens is 432 g/mol. The van der Waals surface area contributed by atoms with Crippen LogP contribution in [0.15, 0.2) is 18.2 Å². The monoisotopic (exact) mass is 466 g/mol. The van der Waals surface area contributed by atoms with Crippen LogP contribution in [0.1, 0.15) is 83.6 Å². The Hall–Kier alpha value is -2.58. The maximum atomic E-state index is 13.1. The summed E-state index contributed by atoms with van der Waals surface area (Å²) in [7, 11) is 0. The molecule has 4 heterocycles. The van der Waals surface area contributed by atoms with Gasteiger partial charge in [0.25, 0.3) is 11.8 Å². The van der Waals surface area contributed by atoms with Gasteiger partial charge in [0.15, 0.2) is 0 Å². The third kappa shape index (κ3) is 4.66. The molecule has 1 atom stereocenters. The Balaban J connectivity index is 1.17. The van der Waals surface area contributed by atoms with E-state index in [2.05, 4.69) is 15.1 Å². The summed E-state index contributed by atoms with van der Waals surface area (Å²) in [5.74, 6) is -1.43. The van der Waals surface area contributed by atoms with Gasteiger partial charge in [-0.1, -0.05) is 12.5 Å². The Morgan fingerprint density at radius 3 is 2.18 bits per heavy atom. The van der Waals surface area contributed by atoms with E-state index >= 15 is 0 Å². The number of carbonyl (C=O) groups excluding carboxylic acids is 4. The minimum atomic E-state index is -0.915. The Morgan fingerprint density at radius 2 is 1.47 bits per heavy atom. The molecule has 0 radical (unpaired) electrons. The lowest BCUT2D eigenvalue weighted by atomic mass is 9.87. The van der Waals surface area contributed by atoms with Crippen molar-refractivity contribution in [3.8, 4) is 0 Å². The summed E-state index contributed by atoms with van der Waals surface area (Å²) in [6, 6.07) is 4.65. The molecule has 34 heavy (non-hydrogen) atoms. The van der Waals surface area contributed by atoms with Gasteiger partial charge in [-0.3, -0.25) is 29.4 Å². The molecule has 4 amide bonds. The van der Waals surface area contributed by atoms with Gasteiger partial charge in [-0.2, -0.15) is 0 Å². The van der Waals surface area contributed by atoms with Crippen molar-refractivity contribution in [2.45, 2.75) is 63.3 Å². The highest BCUT2D eigenvalue weighted by Gasteiger charge is 2.44. The SMILES string of the molecule is O=C1CCC(N2C(=O)c3ccc(C4CCN(CCCN5CCCCC5)CC4)cc3C2=O)C(=O)N1. The standard InChI is InChI=1S/C26H34N4O4/c31-23-8-7-22(24(32)27-23)30-25(33)20-6-5-19(17-21(20)26(30)34)18-9-15-29(16-10-18)14-4-13-28-11-2-1-3-12-28/h5-6,17-18,22H,1-4,7-16H2,(H,27,31,32). The van der Waals surface area contributed by atoms with E-state index in [1.165, 1.54) is 45.3 Å². The molecule has 0 aromatic heterocycles. The zero-order chi connectivity index (χ0) is 23.7. The molecular formula is C26H34N4O4. The van der Waals surface area contributed by atoms with Crippen molar-refractivity contribution < 1.29 is 19.2 Å². The van der Waals surface area contributed by atoms with Crippen molar-refractivity contribution in [1.29, 1.82) is 0 Å². The number of nitrogens with one attached hydrogen (secondary N) is 1. The normalized spacial score (nSPS) is 25.1. The van der Waals surface area contributed by atoms with E-state index in [1.807, 2.05) is 12.1 Å². The summed E-state index contributed by atoms with van der Waals surface area (Å²) in [5.41, 5.74) is 1.84. The van der Waals surface area contributed by atoms with Crippen LogP contribution >= 0.6 is 0 Å². The molecule has 1 aromatic rings. The summed E-state index contributed by atoms with van der Waals surface area (Å²) < 4.78 is 0. The van der Waals surface area contributed by atoms with Crippen molar-refractivity contribution in [2.75, 3.05) is 39.3 Å². The van der Waals surface area contributed by atoms with Crippen molar-refractivity contribution >= 4 is 23.6 Å². The van der Waals surface area contributed by atoms with Crippen molar-refractivity contribution in [3.05, 3.63) is 34.9 Å². The molecule has 3 saturated heterocycles. The predicted molar refractivity (Wildman–Crippen MR) is 126 cm³/mol. The molecule has 0 spiro atoms. The van der Waals surface area contributed by atoms with E-state index < -0.39 is 23.8 Å². The van der Waals surface area contributed by atoms with E-state index in [1.54, 1.807) is 6.07 Å². The van der Waals surface area contributed by atoms with Gasteiger partial charge in [-0.25, -0.2) is 0 Å². The number of piperidine rings is 3. The van der Waals surface area contributed by atoms with Crippen molar-refractivity contribution in [1.82, 2.24) is 20.0 Å². The van der Waals surface area contributed by atoms with E-state index in [0.717, 1.165) is 42.9 Å². The summed E-state index contributed by atoms with van der Waals surface area (Å²) in [5, 5.41) is 2.24. The van der Waals surface area contributed by atoms with Crippen LogP contribution in [0.4, 0.5) is 0 Å². The third-order valence-electron chi connectivity index (χ3n) is 7.92. The van der Waals surface area contributed by atoms with E-state index in [4.69, 9.17) is 0 Å². The number of carbonyl (C=O) groups is 4. The number of benzene rings is 1. The highest BCUT2D eigenvalue weighted by atomic mass is 16.2. The maximum absolute atomic E-state index is 13.1. The van der Waals surface area contributed by atoms with Gasteiger partial charge < -0.3 is 9.80 Å². The molecule has 0 aliphatic carbocycles. The Morgan fingerprint density at radius 1 is 0.794 bits per heavy atom. The van der Waals surface area contributed by atoms with Crippen molar-refractivity contribution in [2.24, 2.45) is 0 Å². The quantitative estimate of drug-likeness (QED) is 0.646. The minimum absolute atomic E-state index is 0.131. The van der Waals surface area contributed by atoms with Gasteiger partial charge >= 0.3 is 0 Å². The largest absolute Gasteiger partial charge is 0.303 e. The Labute approximate surface area is 200 Å². The number of fused-ring (bicyclic) bond motifs is 1. The third-order valence-corrected chi connectivity index (χ3v) is 7.92. The average Bonchev–Trinajstić information content (AvgIpc) is 3.10. The first-order valence-electron chi connectivity index (χ1n) is 12.8. The fourth-order valence-electron chi connectivity index (χ4n) is 5.93. The van der Waals surface area contributed by atoms with Crippen LogP contribution in [0.25, 0.3) is 0 Å². The maximum Gasteiger partial charge on any atom is 0.262 e. The molecule has 4 aliphatic heterocycles. The fraction of sp³-hybridized carbons (Fsp3) is 0.615. The zero-order valence-electron chi connectivity index (χ0n) is 19.8. The molecule has 1 aromatic carbocycles. The van der Waals surface area contributed by atoms with Gasteiger partial charge in [0.2, 0.25) is 11.8 Å².